The molecule has 1 aromatic carbocycles. The van der Waals surface area contributed by atoms with Crippen LogP contribution in [-0.2, 0) is 11.3 Å². The van der Waals surface area contributed by atoms with Gasteiger partial charge >= 0.3 is 0 Å². The van der Waals surface area contributed by atoms with Crippen molar-refractivity contribution in [2.75, 3.05) is 0 Å². The van der Waals surface area contributed by atoms with Gasteiger partial charge in [-0.2, -0.15) is 0 Å². The van der Waals surface area contributed by atoms with Gasteiger partial charge in [0.05, 0.1) is 6.04 Å². The molecule has 1 fully saturated rings. The fourth-order valence-electron chi connectivity index (χ4n) is 3.15. The Balaban J connectivity index is 1.89. The Morgan fingerprint density at radius 1 is 1.17 bits per heavy atom. The van der Waals surface area contributed by atoms with Crippen LogP contribution in [0.15, 0.2) is 24.3 Å². The number of carbonyl (C=O) groups is 1. The van der Waals surface area contributed by atoms with E-state index in [1.54, 1.807) is 0 Å². The Hall–Kier alpha value is -1.06. The van der Waals surface area contributed by atoms with E-state index in [4.69, 9.17) is 11.6 Å². The first-order valence-corrected chi connectivity index (χ1v) is 9.20. The van der Waals surface area contributed by atoms with Gasteiger partial charge in [-0.1, -0.05) is 56.8 Å². The lowest BCUT2D eigenvalue weighted by Gasteiger charge is -2.27. The predicted octanol–water partition coefficient (Wildman–Crippen LogP) is 4.29. The molecule has 4 heteroatoms. The fraction of sp³-hybridized carbons (Fsp3) is 0.632. The first-order chi connectivity index (χ1) is 11.0. The molecule has 0 spiro atoms. The van der Waals surface area contributed by atoms with Crippen LogP contribution in [0.2, 0.25) is 5.02 Å². The fourth-order valence-corrected chi connectivity index (χ4v) is 3.27. The number of nitrogens with one attached hydrogen (secondary N) is 2. The van der Waals surface area contributed by atoms with Gasteiger partial charge in [0, 0.05) is 17.6 Å². The minimum Gasteiger partial charge on any atom is -0.352 e. The Morgan fingerprint density at radius 2 is 1.83 bits per heavy atom. The average molecular weight is 337 g/mol. The Bertz CT molecular complexity index is 481. The monoisotopic (exact) mass is 336 g/mol. The normalized spacial score (nSPS) is 17.2. The molecule has 23 heavy (non-hydrogen) atoms. The summed E-state index contributed by atoms with van der Waals surface area (Å²) < 4.78 is 0. The zero-order valence-corrected chi connectivity index (χ0v) is 15.0. The molecule has 0 saturated heterocycles. The topological polar surface area (TPSA) is 41.1 Å². The molecule has 0 heterocycles. The minimum absolute atomic E-state index is 0.132. The Morgan fingerprint density at radius 3 is 2.43 bits per heavy atom. The molecular formula is C19H29ClN2O. The second kappa shape index (κ2) is 9.29. The summed E-state index contributed by atoms with van der Waals surface area (Å²) in [5.41, 5.74) is 1.15. The molecule has 1 aliphatic rings. The first kappa shape index (κ1) is 18.3. The first-order valence-electron chi connectivity index (χ1n) is 8.83. The number of hydrogen-bond acceptors (Lipinski definition) is 2. The van der Waals surface area contributed by atoms with E-state index in [9.17, 15) is 4.79 Å². The van der Waals surface area contributed by atoms with Crippen LogP contribution < -0.4 is 10.6 Å². The molecular weight excluding hydrogens is 308 g/mol. The maximum atomic E-state index is 12.6. The number of benzene rings is 1. The summed E-state index contributed by atoms with van der Waals surface area (Å²) in [5, 5.41) is 7.41. The minimum atomic E-state index is -0.132. The smallest absolute Gasteiger partial charge is 0.237 e. The third-order valence-electron chi connectivity index (χ3n) is 4.44. The van der Waals surface area contributed by atoms with Crippen molar-refractivity contribution in [3.05, 3.63) is 34.9 Å². The molecule has 1 aliphatic carbocycles. The van der Waals surface area contributed by atoms with Crippen molar-refractivity contribution < 1.29 is 4.79 Å². The number of halogens is 1. The summed E-state index contributed by atoms with van der Waals surface area (Å²) in [4.78, 5) is 12.6. The van der Waals surface area contributed by atoms with E-state index in [1.165, 1.54) is 19.3 Å². The van der Waals surface area contributed by atoms with Crippen molar-refractivity contribution in [3.63, 3.8) is 0 Å². The molecule has 1 amide bonds. The van der Waals surface area contributed by atoms with Gasteiger partial charge in [-0.25, -0.2) is 0 Å². The molecule has 1 unspecified atom stereocenters. The van der Waals surface area contributed by atoms with Gasteiger partial charge in [0.1, 0.15) is 0 Å². The summed E-state index contributed by atoms with van der Waals surface area (Å²) >= 11 is 5.92. The van der Waals surface area contributed by atoms with Crippen molar-refractivity contribution in [1.82, 2.24) is 10.6 Å². The highest BCUT2D eigenvalue weighted by molar-refractivity contribution is 6.30. The van der Waals surface area contributed by atoms with Crippen LogP contribution in [0, 0.1) is 5.92 Å². The number of hydrogen-bond donors (Lipinski definition) is 2. The molecule has 0 aliphatic heterocycles. The van der Waals surface area contributed by atoms with Crippen molar-refractivity contribution in [2.24, 2.45) is 5.92 Å². The SMILES string of the molecule is CC(C)CC(NCc1ccc(Cl)cc1)C(=O)NC1CCCCC1. The van der Waals surface area contributed by atoms with Gasteiger partial charge in [-0.15, -0.1) is 0 Å². The lowest BCUT2D eigenvalue weighted by Crippen LogP contribution is -2.48. The average Bonchev–Trinajstić information content (AvgIpc) is 2.53. The maximum Gasteiger partial charge on any atom is 0.237 e. The molecule has 128 valence electrons. The van der Waals surface area contributed by atoms with E-state index < -0.39 is 0 Å². The van der Waals surface area contributed by atoms with Crippen LogP contribution in [0.4, 0.5) is 0 Å². The molecule has 1 atom stereocenters. The quantitative estimate of drug-likeness (QED) is 0.779. The third kappa shape index (κ3) is 6.52. The highest BCUT2D eigenvalue weighted by Gasteiger charge is 2.23. The van der Waals surface area contributed by atoms with Crippen molar-refractivity contribution >= 4 is 17.5 Å². The van der Waals surface area contributed by atoms with E-state index in [1.807, 2.05) is 24.3 Å². The second-order valence-corrected chi connectivity index (χ2v) is 7.47. The van der Waals surface area contributed by atoms with Gasteiger partial charge < -0.3 is 10.6 Å². The lowest BCUT2D eigenvalue weighted by molar-refractivity contribution is -0.124. The number of rotatable bonds is 7. The molecule has 3 nitrogen and oxygen atoms in total. The molecule has 0 radical (unpaired) electrons. The van der Waals surface area contributed by atoms with E-state index in [0.29, 0.717) is 18.5 Å². The van der Waals surface area contributed by atoms with Gasteiger partial charge in [0.15, 0.2) is 0 Å². The van der Waals surface area contributed by atoms with E-state index in [-0.39, 0.29) is 11.9 Å². The lowest BCUT2D eigenvalue weighted by atomic mass is 9.94. The Kier molecular flexibility index (Phi) is 7.38. The zero-order chi connectivity index (χ0) is 16.7. The summed E-state index contributed by atoms with van der Waals surface area (Å²) in [7, 11) is 0. The van der Waals surface area contributed by atoms with Crippen LogP contribution in [0.25, 0.3) is 0 Å². The van der Waals surface area contributed by atoms with E-state index >= 15 is 0 Å². The molecule has 2 rings (SSSR count). The van der Waals surface area contributed by atoms with Crippen LogP contribution in [-0.4, -0.2) is 18.0 Å². The van der Waals surface area contributed by atoms with Crippen molar-refractivity contribution in [1.29, 1.82) is 0 Å². The van der Waals surface area contributed by atoms with E-state index in [0.717, 1.165) is 29.8 Å². The van der Waals surface area contributed by atoms with Gasteiger partial charge in [-0.3, -0.25) is 4.79 Å². The Labute approximate surface area is 145 Å². The van der Waals surface area contributed by atoms with Crippen LogP contribution in [0.1, 0.15) is 57.9 Å². The van der Waals surface area contributed by atoms with Crippen molar-refractivity contribution in [2.45, 2.75) is 71.0 Å². The molecule has 0 aromatic heterocycles. The molecule has 0 bridgehead atoms. The predicted molar refractivity (Wildman–Crippen MR) is 96.6 cm³/mol. The standard InChI is InChI=1S/C19H29ClN2O/c1-14(2)12-18(19(23)22-17-6-4-3-5-7-17)21-13-15-8-10-16(20)11-9-15/h8-11,14,17-18,21H,3-7,12-13H2,1-2H3,(H,22,23). The van der Waals surface area contributed by atoms with Crippen LogP contribution in [0.3, 0.4) is 0 Å². The molecule has 2 N–H and O–H groups in total. The van der Waals surface area contributed by atoms with Gasteiger partial charge in [0.25, 0.3) is 0 Å². The van der Waals surface area contributed by atoms with Crippen LogP contribution in [0.5, 0.6) is 0 Å². The maximum absolute atomic E-state index is 12.6. The molecule has 1 aromatic rings. The summed E-state index contributed by atoms with van der Waals surface area (Å²) in [6, 6.07) is 8.01. The van der Waals surface area contributed by atoms with Crippen molar-refractivity contribution in [3.8, 4) is 0 Å². The largest absolute Gasteiger partial charge is 0.352 e. The highest BCUT2D eigenvalue weighted by atomic mass is 35.5. The summed E-state index contributed by atoms with van der Waals surface area (Å²) in [6.45, 7) is 5.00. The second-order valence-electron chi connectivity index (χ2n) is 7.03. The third-order valence-corrected chi connectivity index (χ3v) is 4.69. The zero-order valence-electron chi connectivity index (χ0n) is 14.3. The highest BCUT2D eigenvalue weighted by Crippen LogP contribution is 2.18. The number of amides is 1. The van der Waals surface area contributed by atoms with Gasteiger partial charge in [0.2, 0.25) is 5.91 Å². The van der Waals surface area contributed by atoms with Gasteiger partial charge in [-0.05, 0) is 42.9 Å². The van der Waals surface area contributed by atoms with Crippen LogP contribution >= 0.6 is 11.6 Å². The van der Waals surface area contributed by atoms with E-state index in [2.05, 4.69) is 24.5 Å². The summed E-state index contributed by atoms with van der Waals surface area (Å²) in [5.74, 6) is 0.634. The molecule has 1 saturated carbocycles. The number of carbonyl (C=O) groups excluding carboxylic acids is 1. The summed E-state index contributed by atoms with van der Waals surface area (Å²) in [6.07, 6.45) is 6.87.